The molecule has 0 unspecified atom stereocenters. The number of hydrogen-bond donors (Lipinski definition) is 1. The van der Waals surface area contributed by atoms with Crippen LogP contribution in [0.1, 0.15) is 42.9 Å². The SMILES string of the molecule is COCC(=O)N1CCc2cc(Nc3nn4cc(C5CCCC5)nc4s3)ccc21. The maximum atomic E-state index is 12.1. The van der Waals surface area contributed by atoms with Crippen LogP contribution in [0.25, 0.3) is 4.96 Å². The second-order valence-corrected chi connectivity index (χ2v) is 8.43. The first kappa shape index (κ1) is 17.6. The van der Waals surface area contributed by atoms with Crippen LogP contribution in [0, 0.1) is 0 Å². The Morgan fingerprint density at radius 2 is 2.21 bits per heavy atom. The number of anilines is 3. The lowest BCUT2D eigenvalue weighted by atomic mass is 10.1. The number of rotatable bonds is 5. The third-order valence-electron chi connectivity index (χ3n) is 5.63. The van der Waals surface area contributed by atoms with Gasteiger partial charge in [-0.15, -0.1) is 5.10 Å². The number of nitrogens with zero attached hydrogens (tertiary/aromatic N) is 4. The highest BCUT2D eigenvalue weighted by Gasteiger charge is 2.25. The van der Waals surface area contributed by atoms with Crippen LogP contribution < -0.4 is 10.2 Å². The quantitative estimate of drug-likeness (QED) is 0.710. The maximum Gasteiger partial charge on any atom is 0.252 e. The molecule has 2 aliphatic rings. The molecule has 0 spiro atoms. The highest BCUT2D eigenvalue weighted by molar-refractivity contribution is 7.20. The lowest BCUT2D eigenvalue weighted by Gasteiger charge is -2.17. The van der Waals surface area contributed by atoms with Gasteiger partial charge in [0.2, 0.25) is 10.1 Å². The van der Waals surface area contributed by atoms with Crippen molar-refractivity contribution in [1.82, 2.24) is 14.6 Å². The van der Waals surface area contributed by atoms with Crippen molar-refractivity contribution in [3.05, 3.63) is 35.7 Å². The molecule has 0 bridgehead atoms. The lowest BCUT2D eigenvalue weighted by Crippen LogP contribution is -2.31. The molecule has 1 aliphatic carbocycles. The Hall–Kier alpha value is -2.45. The van der Waals surface area contributed by atoms with E-state index < -0.39 is 0 Å². The molecule has 8 heteroatoms. The summed E-state index contributed by atoms with van der Waals surface area (Å²) in [6.07, 6.45) is 8.04. The van der Waals surface area contributed by atoms with E-state index in [1.54, 1.807) is 23.3 Å². The number of nitrogens with one attached hydrogen (secondary N) is 1. The molecule has 0 atom stereocenters. The van der Waals surface area contributed by atoms with Crippen molar-refractivity contribution >= 4 is 38.7 Å². The average Bonchev–Trinajstić information content (AvgIpc) is 3.44. The normalized spacial score (nSPS) is 16.8. The van der Waals surface area contributed by atoms with Gasteiger partial charge >= 0.3 is 0 Å². The van der Waals surface area contributed by atoms with E-state index in [9.17, 15) is 4.79 Å². The number of benzene rings is 1. The number of carbonyl (C=O) groups excluding carboxylic acids is 1. The number of hydrogen-bond acceptors (Lipinski definition) is 6. The molecule has 1 amide bonds. The van der Waals surface area contributed by atoms with Gasteiger partial charge in [-0.05, 0) is 43.0 Å². The van der Waals surface area contributed by atoms with Crippen LogP contribution in [-0.4, -0.2) is 40.8 Å². The molecule has 2 aromatic heterocycles. The Balaban J connectivity index is 1.32. The van der Waals surface area contributed by atoms with Crippen molar-refractivity contribution in [2.24, 2.45) is 0 Å². The Morgan fingerprint density at radius 1 is 1.36 bits per heavy atom. The number of ether oxygens (including phenoxy) is 1. The first-order chi connectivity index (χ1) is 13.7. The lowest BCUT2D eigenvalue weighted by molar-refractivity contribution is -0.122. The van der Waals surface area contributed by atoms with E-state index in [0.717, 1.165) is 27.9 Å². The Morgan fingerprint density at radius 3 is 3.00 bits per heavy atom. The zero-order chi connectivity index (χ0) is 19.1. The van der Waals surface area contributed by atoms with E-state index in [1.807, 2.05) is 16.6 Å². The average molecular weight is 398 g/mol. The fourth-order valence-corrected chi connectivity index (χ4v) is 5.06. The molecule has 1 saturated carbocycles. The third-order valence-corrected chi connectivity index (χ3v) is 6.47. The summed E-state index contributed by atoms with van der Waals surface area (Å²) in [5, 5.41) is 8.85. The van der Waals surface area contributed by atoms with Gasteiger partial charge in [0, 0.05) is 30.9 Å². The molecule has 1 fully saturated rings. The van der Waals surface area contributed by atoms with Crippen LogP contribution in [0.2, 0.25) is 0 Å². The van der Waals surface area contributed by atoms with Gasteiger partial charge in [-0.3, -0.25) is 4.79 Å². The largest absolute Gasteiger partial charge is 0.375 e. The zero-order valence-corrected chi connectivity index (χ0v) is 16.7. The second-order valence-electron chi connectivity index (χ2n) is 7.48. The zero-order valence-electron chi connectivity index (χ0n) is 15.9. The fraction of sp³-hybridized carbons (Fsp3) is 0.450. The molecular weight excluding hydrogens is 374 g/mol. The van der Waals surface area contributed by atoms with E-state index in [4.69, 9.17) is 9.72 Å². The minimum atomic E-state index is 0.00109. The Kier molecular flexibility index (Phi) is 4.52. The minimum Gasteiger partial charge on any atom is -0.375 e. The fourth-order valence-electron chi connectivity index (χ4n) is 4.25. The van der Waals surface area contributed by atoms with E-state index in [2.05, 4.69) is 22.7 Å². The number of methoxy groups -OCH3 is 1. The molecule has 1 aliphatic heterocycles. The molecule has 5 rings (SSSR count). The third kappa shape index (κ3) is 3.16. The van der Waals surface area contributed by atoms with Gasteiger partial charge in [0.1, 0.15) is 6.61 Å². The molecule has 1 N–H and O–H groups in total. The molecule has 1 aromatic carbocycles. The summed E-state index contributed by atoms with van der Waals surface area (Å²) >= 11 is 1.57. The van der Waals surface area contributed by atoms with E-state index in [1.165, 1.54) is 36.9 Å². The van der Waals surface area contributed by atoms with E-state index in [-0.39, 0.29) is 12.5 Å². The number of imidazole rings is 1. The molecule has 3 aromatic rings. The smallest absolute Gasteiger partial charge is 0.252 e. The molecule has 146 valence electrons. The summed E-state index contributed by atoms with van der Waals surface area (Å²) in [6, 6.07) is 6.09. The van der Waals surface area contributed by atoms with Crippen LogP contribution >= 0.6 is 11.3 Å². The summed E-state index contributed by atoms with van der Waals surface area (Å²) in [5.74, 6) is 0.604. The number of carbonyl (C=O) groups is 1. The van der Waals surface area contributed by atoms with Crippen molar-refractivity contribution in [2.45, 2.75) is 38.0 Å². The second kappa shape index (κ2) is 7.18. The minimum absolute atomic E-state index is 0.00109. The summed E-state index contributed by atoms with van der Waals surface area (Å²) < 4.78 is 6.87. The standard InChI is InChI=1S/C20H23N5O2S/c1-27-12-18(26)24-9-8-14-10-15(6-7-17(14)24)21-19-23-25-11-16(22-20(25)28-19)13-4-2-3-5-13/h6-7,10-11,13H,2-5,8-9,12H2,1H3,(H,21,23). The predicted molar refractivity (Wildman–Crippen MR) is 110 cm³/mol. The van der Waals surface area contributed by atoms with Crippen LogP contribution in [0.15, 0.2) is 24.4 Å². The number of amides is 1. The van der Waals surface area contributed by atoms with Crippen molar-refractivity contribution in [3.8, 4) is 0 Å². The summed E-state index contributed by atoms with van der Waals surface area (Å²) in [6.45, 7) is 0.817. The Labute approximate surface area is 167 Å². The van der Waals surface area contributed by atoms with Crippen molar-refractivity contribution in [1.29, 1.82) is 0 Å². The van der Waals surface area contributed by atoms with Crippen LogP contribution in [-0.2, 0) is 16.0 Å². The van der Waals surface area contributed by atoms with E-state index in [0.29, 0.717) is 12.5 Å². The highest BCUT2D eigenvalue weighted by Crippen LogP contribution is 2.35. The molecule has 7 nitrogen and oxygen atoms in total. The monoisotopic (exact) mass is 397 g/mol. The highest BCUT2D eigenvalue weighted by atomic mass is 32.1. The van der Waals surface area contributed by atoms with Crippen molar-refractivity contribution < 1.29 is 9.53 Å². The molecule has 0 radical (unpaired) electrons. The van der Waals surface area contributed by atoms with Gasteiger partial charge in [-0.25, -0.2) is 9.50 Å². The van der Waals surface area contributed by atoms with E-state index >= 15 is 0 Å². The molecule has 28 heavy (non-hydrogen) atoms. The summed E-state index contributed by atoms with van der Waals surface area (Å²) in [7, 11) is 1.55. The summed E-state index contributed by atoms with van der Waals surface area (Å²) in [4.78, 5) is 19.7. The Bertz CT molecular complexity index is 989. The molecule has 3 heterocycles. The van der Waals surface area contributed by atoms with Gasteiger partial charge in [-0.1, -0.05) is 24.2 Å². The molecule has 0 saturated heterocycles. The predicted octanol–water partition coefficient (Wildman–Crippen LogP) is 3.73. The van der Waals surface area contributed by atoms with Gasteiger partial charge in [0.15, 0.2) is 0 Å². The van der Waals surface area contributed by atoms with Crippen molar-refractivity contribution in [2.75, 3.05) is 30.5 Å². The van der Waals surface area contributed by atoms with Gasteiger partial charge in [-0.2, -0.15) is 0 Å². The van der Waals surface area contributed by atoms with Gasteiger partial charge in [0.25, 0.3) is 5.91 Å². The first-order valence-electron chi connectivity index (χ1n) is 9.76. The number of fused-ring (bicyclic) bond motifs is 2. The molecular formula is C20H23N5O2S. The van der Waals surface area contributed by atoms with Gasteiger partial charge < -0.3 is 15.0 Å². The van der Waals surface area contributed by atoms with Gasteiger partial charge in [0.05, 0.1) is 11.9 Å². The van der Waals surface area contributed by atoms with Crippen LogP contribution in [0.3, 0.4) is 0 Å². The van der Waals surface area contributed by atoms with Crippen LogP contribution in [0.5, 0.6) is 0 Å². The van der Waals surface area contributed by atoms with Crippen LogP contribution in [0.4, 0.5) is 16.5 Å². The number of aromatic nitrogens is 3. The first-order valence-corrected chi connectivity index (χ1v) is 10.6. The summed E-state index contributed by atoms with van der Waals surface area (Å²) in [5.41, 5.74) is 4.30. The topological polar surface area (TPSA) is 71.8 Å². The van der Waals surface area contributed by atoms with Crippen molar-refractivity contribution in [3.63, 3.8) is 0 Å². The maximum absolute atomic E-state index is 12.1.